The van der Waals surface area contributed by atoms with Crippen molar-refractivity contribution in [2.45, 2.75) is 32.1 Å². The third-order valence-electron chi connectivity index (χ3n) is 4.49. The summed E-state index contributed by atoms with van der Waals surface area (Å²) in [5, 5.41) is 10.8. The first-order valence-electron chi connectivity index (χ1n) is 8.37. The van der Waals surface area contributed by atoms with Gasteiger partial charge in [0.2, 0.25) is 5.91 Å². The van der Waals surface area contributed by atoms with E-state index in [9.17, 15) is 14.9 Å². The minimum Gasteiger partial charge on any atom is -0.312 e. The van der Waals surface area contributed by atoms with Crippen molar-refractivity contribution in [2.24, 2.45) is 0 Å². The van der Waals surface area contributed by atoms with E-state index in [1.165, 1.54) is 11.6 Å². The molecule has 0 bridgehead atoms. The van der Waals surface area contributed by atoms with Crippen molar-refractivity contribution in [1.29, 1.82) is 0 Å². The Morgan fingerprint density at radius 2 is 1.92 bits per heavy atom. The van der Waals surface area contributed by atoms with Gasteiger partial charge in [0.05, 0.1) is 4.92 Å². The number of nitrogens with zero attached hydrogens (tertiary/aromatic N) is 2. The monoisotopic (exact) mass is 402 g/mol. The van der Waals surface area contributed by atoms with Gasteiger partial charge in [-0.05, 0) is 55.0 Å². The number of non-ortho nitro benzene ring substituents is 1. The highest BCUT2D eigenvalue weighted by Crippen LogP contribution is 2.31. The van der Waals surface area contributed by atoms with Gasteiger partial charge in [0.25, 0.3) is 5.69 Å². The first kappa shape index (κ1) is 17.6. The molecule has 0 unspecified atom stereocenters. The zero-order chi connectivity index (χ0) is 17.8. The van der Waals surface area contributed by atoms with Crippen LogP contribution in [0, 0.1) is 10.1 Å². The number of fused-ring (bicyclic) bond motifs is 1. The van der Waals surface area contributed by atoms with Crippen molar-refractivity contribution in [3.63, 3.8) is 0 Å². The van der Waals surface area contributed by atoms with Gasteiger partial charge in [0, 0.05) is 35.3 Å². The van der Waals surface area contributed by atoms with E-state index < -0.39 is 4.92 Å². The molecule has 2 aromatic carbocycles. The molecule has 0 radical (unpaired) electrons. The van der Waals surface area contributed by atoms with Crippen LogP contribution in [0.15, 0.2) is 46.9 Å². The number of rotatable bonds is 6. The number of amides is 1. The number of hydrogen-bond acceptors (Lipinski definition) is 3. The van der Waals surface area contributed by atoms with E-state index in [1.807, 2.05) is 12.1 Å². The molecule has 0 saturated heterocycles. The number of aryl methyl sites for hydroxylation is 1. The highest BCUT2D eigenvalue weighted by Gasteiger charge is 2.25. The van der Waals surface area contributed by atoms with Crippen LogP contribution in [0.5, 0.6) is 0 Å². The lowest BCUT2D eigenvalue weighted by molar-refractivity contribution is -0.384. The van der Waals surface area contributed by atoms with E-state index in [2.05, 4.69) is 28.1 Å². The standard InChI is InChI=1S/C19H19BrN2O3/c20-16-7-5-14(6-8-16)3-1-2-4-19(23)21-12-11-15-13-17(22(24)25)9-10-18(15)21/h5-10,13H,1-4,11-12H2. The molecular weight excluding hydrogens is 384 g/mol. The molecule has 1 amide bonds. The molecule has 2 aromatic rings. The van der Waals surface area contributed by atoms with Crippen molar-refractivity contribution in [2.75, 3.05) is 11.4 Å². The lowest BCUT2D eigenvalue weighted by Crippen LogP contribution is -2.28. The fourth-order valence-corrected chi connectivity index (χ4v) is 3.42. The Bertz CT molecular complexity index is 790. The number of anilines is 1. The SMILES string of the molecule is O=C(CCCCc1ccc(Br)cc1)N1CCc2cc([N+](=O)[O-])ccc21. The Balaban J connectivity index is 1.51. The lowest BCUT2D eigenvalue weighted by Gasteiger charge is -2.17. The second kappa shape index (κ2) is 7.78. The highest BCUT2D eigenvalue weighted by atomic mass is 79.9. The quantitative estimate of drug-likeness (QED) is 0.400. The fraction of sp³-hybridized carbons (Fsp3) is 0.316. The molecule has 1 aliphatic rings. The summed E-state index contributed by atoms with van der Waals surface area (Å²) in [5.41, 5.74) is 3.07. The predicted octanol–water partition coefficient (Wildman–Crippen LogP) is 4.66. The van der Waals surface area contributed by atoms with Crippen LogP contribution < -0.4 is 4.90 Å². The molecule has 0 N–H and O–H groups in total. The molecule has 0 aromatic heterocycles. The van der Waals surface area contributed by atoms with Crippen LogP contribution in [0.3, 0.4) is 0 Å². The second-order valence-electron chi connectivity index (χ2n) is 6.20. The van der Waals surface area contributed by atoms with Crippen LogP contribution in [0.2, 0.25) is 0 Å². The first-order chi connectivity index (χ1) is 12.0. The van der Waals surface area contributed by atoms with Gasteiger partial charge in [0.15, 0.2) is 0 Å². The molecule has 0 fully saturated rings. The van der Waals surface area contributed by atoms with Crippen molar-refractivity contribution in [3.05, 3.63) is 68.2 Å². The van der Waals surface area contributed by atoms with Crippen LogP contribution in [0.25, 0.3) is 0 Å². The third-order valence-corrected chi connectivity index (χ3v) is 5.02. The van der Waals surface area contributed by atoms with Gasteiger partial charge in [-0.15, -0.1) is 0 Å². The van der Waals surface area contributed by atoms with Crippen molar-refractivity contribution >= 4 is 33.2 Å². The molecule has 5 nitrogen and oxygen atoms in total. The van der Waals surface area contributed by atoms with Gasteiger partial charge in [-0.25, -0.2) is 0 Å². The number of nitro benzene ring substituents is 1. The molecule has 6 heteroatoms. The Morgan fingerprint density at radius 1 is 1.16 bits per heavy atom. The van der Waals surface area contributed by atoms with Crippen LogP contribution in [0.4, 0.5) is 11.4 Å². The van der Waals surface area contributed by atoms with E-state index in [0.29, 0.717) is 19.4 Å². The maximum absolute atomic E-state index is 12.5. The van der Waals surface area contributed by atoms with Crippen LogP contribution in [0.1, 0.15) is 30.4 Å². The molecule has 1 aliphatic heterocycles. The van der Waals surface area contributed by atoms with E-state index in [4.69, 9.17) is 0 Å². The number of halogens is 1. The highest BCUT2D eigenvalue weighted by molar-refractivity contribution is 9.10. The summed E-state index contributed by atoms with van der Waals surface area (Å²) in [4.78, 5) is 24.7. The first-order valence-corrected chi connectivity index (χ1v) is 9.16. The maximum Gasteiger partial charge on any atom is 0.269 e. The molecule has 25 heavy (non-hydrogen) atoms. The minimum atomic E-state index is -0.396. The Kier molecular flexibility index (Phi) is 5.48. The molecule has 0 atom stereocenters. The number of unbranched alkanes of at least 4 members (excludes halogenated alkanes) is 1. The number of benzene rings is 2. The summed E-state index contributed by atoms with van der Waals surface area (Å²) in [6, 6.07) is 13.0. The van der Waals surface area contributed by atoms with Crippen LogP contribution in [-0.2, 0) is 17.6 Å². The van der Waals surface area contributed by atoms with Crippen LogP contribution in [-0.4, -0.2) is 17.4 Å². The fourth-order valence-electron chi connectivity index (χ4n) is 3.15. The van der Waals surface area contributed by atoms with E-state index in [0.717, 1.165) is 35.0 Å². The Morgan fingerprint density at radius 3 is 2.64 bits per heavy atom. The lowest BCUT2D eigenvalue weighted by atomic mass is 10.1. The molecule has 130 valence electrons. The van der Waals surface area contributed by atoms with Gasteiger partial charge < -0.3 is 4.90 Å². The van der Waals surface area contributed by atoms with Crippen LogP contribution >= 0.6 is 15.9 Å². The normalized spacial score (nSPS) is 12.9. The summed E-state index contributed by atoms with van der Waals surface area (Å²) in [6.07, 6.45) is 3.96. The molecular formula is C19H19BrN2O3. The average Bonchev–Trinajstić information content (AvgIpc) is 3.03. The second-order valence-corrected chi connectivity index (χ2v) is 7.11. The zero-order valence-electron chi connectivity index (χ0n) is 13.8. The van der Waals surface area contributed by atoms with Crippen molar-refractivity contribution < 1.29 is 9.72 Å². The van der Waals surface area contributed by atoms with Gasteiger partial charge >= 0.3 is 0 Å². The average molecular weight is 403 g/mol. The van der Waals surface area contributed by atoms with E-state index in [-0.39, 0.29) is 11.6 Å². The number of carbonyl (C=O) groups is 1. The Labute approximate surface area is 154 Å². The Hall–Kier alpha value is -2.21. The third kappa shape index (κ3) is 4.25. The van der Waals surface area contributed by atoms with Crippen molar-refractivity contribution in [3.8, 4) is 0 Å². The van der Waals surface area contributed by atoms with Gasteiger partial charge in [-0.2, -0.15) is 0 Å². The minimum absolute atomic E-state index is 0.0857. The van der Waals surface area contributed by atoms with Gasteiger partial charge in [-0.1, -0.05) is 28.1 Å². The molecule has 1 heterocycles. The summed E-state index contributed by atoms with van der Waals surface area (Å²) < 4.78 is 1.07. The van der Waals surface area contributed by atoms with Gasteiger partial charge in [-0.3, -0.25) is 14.9 Å². The summed E-state index contributed by atoms with van der Waals surface area (Å²) in [6.45, 7) is 0.613. The summed E-state index contributed by atoms with van der Waals surface area (Å²) in [5.74, 6) is 0.100. The number of nitro groups is 1. The molecule has 0 spiro atoms. The smallest absolute Gasteiger partial charge is 0.269 e. The van der Waals surface area contributed by atoms with E-state index in [1.54, 1.807) is 17.0 Å². The topological polar surface area (TPSA) is 63.5 Å². The number of hydrogen-bond donors (Lipinski definition) is 0. The molecule has 3 rings (SSSR count). The van der Waals surface area contributed by atoms with Crippen molar-refractivity contribution in [1.82, 2.24) is 0 Å². The maximum atomic E-state index is 12.5. The molecule has 0 saturated carbocycles. The predicted molar refractivity (Wildman–Crippen MR) is 101 cm³/mol. The van der Waals surface area contributed by atoms with E-state index >= 15 is 0 Å². The summed E-state index contributed by atoms with van der Waals surface area (Å²) >= 11 is 3.42. The van der Waals surface area contributed by atoms with Gasteiger partial charge in [0.1, 0.15) is 0 Å². The number of carbonyl (C=O) groups excluding carboxylic acids is 1. The summed E-state index contributed by atoms with van der Waals surface area (Å²) in [7, 11) is 0. The molecule has 0 aliphatic carbocycles. The largest absolute Gasteiger partial charge is 0.312 e. The zero-order valence-corrected chi connectivity index (χ0v) is 15.4.